The molecule has 6 nitrogen and oxygen atoms in total. The molecule has 138 valence electrons. The van der Waals surface area contributed by atoms with Crippen LogP contribution in [0.4, 0.5) is 4.39 Å². The van der Waals surface area contributed by atoms with Crippen molar-refractivity contribution in [1.82, 2.24) is 20.0 Å². The highest BCUT2D eigenvalue weighted by molar-refractivity contribution is 5.82. The molecule has 0 radical (unpaired) electrons. The Kier molecular flexibility index (Phi) is 5.35. The van der Waals surface area contributed by atoms with Crippen molar-refractivity contribution in [3.63, 3.8) is 0 Å². The molecule has 1 aliphatic rings. The van der Waals surface area contributed by atoms with Crippen LogP contribution in [0.15, 0.2) is 30.3 Å². The first-order valence-electron chi connectivity index (χ1n) is 8.73. The second kappa shape index (κ2) is 7.68. The van der Waals surface area contributed by atoms with E-state index < -0.39 is 0 Å². The Morgan fingerprint density at radius 1 is 1.31 bits per heavy atom. The van der Waals surface area contributed by atoms with Gasteiger partial charge in [0.25, 0.3) is 0 Å². The molecule has 1 atom stereocenters. The first-order chi connectivity index (χ1) is 12.4. The average Bonchev–Trinajstić information content (AvgIpc) is 3.09. The normalized spacial score (nSPS) is 17.0. The molecule has 2 heterocycles. The molecule has 26 heavy (non-hydrogen) atoms. The molecule has 1 unspecified atom stereocenters. The molecule has 0 aliphatic carbocycles. The lowest BCUT2D eigenvalue weighted by molar-refractivity contribution is -0.128. The number of carbonyl (C=O) groups is 2. The molecular formula is C19H23FN4O2. The van der Waals surface area contributed by atoms with Crippen LogP contribution >= 0.6 is 0 Å². The van der Waals surface area contributed by atoms with Gasteiger partial charge in [-0.25, -0.2) is 4.39 Å². The quantitative estimate of drug-likeness (QED) is 0.858. The molecule has 3 rings (SSSR count). The number of likely N-dealkylation sites (tertiary alicyclic amines) is 1. The fourth-order valence-corrected chi connectivity index (χ4v) is 3.24. The lowest BCUT2D eigenvalue weighted by Crippen LogP contribution is -2.37. The Morgan fingerprint density at radius 3 is 2.69 bits per heavy atom. The van der Waals surface area contributed by atoms with E-state index in [4.69, 9.17) is 0 Å². The van der Waals surface area contributed by atoms with E-state index in [0.29, 0.717) is 32.5 Å². The van der Waals surface area contributed by atoms with Crippen LogP contribution < -0.4 is 5.32 Å². The van der Waals surface area contributed by atoms with Crippen LogP contribution in [0.25, 0.3) is 0 Å². The predicted octanol–water partition coefficient (Wildman–Crippen LogP) is 1.95. The maximum atomic E-state index is 13.0. The molecule has 7 heteroatoms. The minimum absolute atomic E-state index is 0.00169. The van der Waals surface area contributed by atoms with Gasteiger partial charge in [0.05, 0.1) is 11.7 Å². The number of rotatable bonds is 6. The van der Waals surface area contributed by atoms with E-state index in [9.17, 15) is 14.0 Å². The number of aryl methyl sites for hydroxylation is 3. The van der Waals surface area contributed by atoms with Gasteiger partial charge in [-0.15, -0.1) is 0 Å². The molecule has 1 aromatic carbocycles. The van der Waals surface area contributed by atoms with Gasteiger partial charge in [0.1, 0.15) is 5.82 Å². The summed E-state index contributed by atoms with van der Waals surface area (Å²) in [5, 5.41) is 7.27. The largest absolute Gasteiger partial charge is 0.351 e. The topological polar surface area (TPSA) is 67.2 Å². The number of amides is 2. The zero-order chi connectivity index (χ0) is 18.7. The minimum Gasteiger partial charge on any atom is -0.351 e. The molecule has 0 saturated carbocycles. The van der Waals surface area contributed by atoms with Crippen molar-refractivity contribution >= 4 is 11.8 Å². The second-order valence-corrected chi connectivity index (χ2v) is 6.77. The third-order valence-corrected chi connectivity index (χ3v) is 4.52. The van der Waals surface area contributed by atoms with Gasteiger partial charge in [0.2, 0.25) is 11.8 Å². The van der Waals surface area contributed by atoms with Gasteiger partial charge in [-0.1, -0.05) is 12.1 Å². The molecule has 2 amide bonds. The fraction of sp³-hybridized carbons (Fsp3) is 0.421. The molecular weight excluding hydrogens is 335 g/mol. The third kappa shape index (κ3) is 4.47. The van der Waals surface area contributed by atoms with Crippen LogP contribution in [0.2, 0.25) is 0 Å². The van der Waals surface area contributed by atoms with Crippen molar-refractivity contribution in [3.8, 4) is 0 Å². The Morgan fingerprint density at radius 2 is 2.04 bits per heavy atom. The highest BCUT2D eigenvalue weighted by Crippen LogP contribution is 2.16. The van der Waals surface area contributed by atoms with Crippen LogP contribution in [0.1, 0.15) is 29.8 Å². The maximum Gasteiger partial charge on any atom is 0.225 e. The monoisotopic (exact) mass is 358 g/mol. The zero-order valence-electron chi connectivity index (χ0n) is 15.0. The summed E-state index contributed by atoms with van der Waals surface area (Å²) in [6, 6.07) is 7.89. The summed E-state index contributed by atoms with van der Waals surface area (Å²) < 4.78 is 14.8. The van der Waals surface area contributed by atoms with Gasteiger partial charge in [-0.05, 0) is 37.6 Å². The molecule has 0 spiro atoms. The highest BCUT2D eigenvalue weighted by Gasteiger charge is 2.30. The molecule has 1 N–H and O–H groups in total. The van der Waals surface area contributed by atoms with E-state index in [-0.39, 0.29) is 23.7 Å². The molecule has 1 aliphatic heterocycles. The van der Waals surface area contributed by atoms with Crippen molar-refractivity contribution in [1.29, 1.82) is 0 Å². The van der Waals surface area contributed by atoms with E-state index >= 15 is 0 Å². The van der Waals surface area contributed by atoms with Gasteiger partial charge in [0, 0.05) is 38.2 Å². The number of nitrogens with one attached hydrogen (secondary N) is 1. The summed E-state index contributed by atoms with van der Waals surface area (Å²) in [5.74, 6) is -0.383. The molecule has 1 saturated heterocycles. The molecule has 1 aromatic heterocycles. The van der Waals surface area contributed by atoms with Gasteiger partial charge >= 0.3 is 0 Å². The maximum absolute atomic E-state index is 13.0. The Balaban J connectivity index is 1.48. The van der Waals surface area contributed by atoms with Gasteiger partial charge in [-0.3, -0.25) is 14.3 Å². The number of halogens is 1. The number of nitrogens with zero attached hydrogens (tertiary/aromatic N) is 3. The third-order valence-electron chi connectivity index (χ3n) is 4.52. The molecule has 2 aromatic rings. The minimum atomic E-state index is -0.297. The van der Waals surface area contributed by atoms with E-state index in [0.717, 1.165) is 17.0 Å². The van der Waals surface area contributed by atoms with Crippen LogP contribution in [0, 0.1) is 19.7 Å². The average molecular weight is 358 g/mol. The van der Waals surface area contributed by atoms with Crippen molar-refractivity contribution in [2.45, 2.75) is 45.8 Å². The van der Waals surface area contributed by atoms with Crippen molar-refractivity contribution in [2.75, 3.05) is 6.54 Å². The summed E-state index contributed by atoms with van der Waals surface area (Å²) in [5.41, 5.74) is 2.83. The molecule has 0 bridgehead atoms. The van der Waals surface area contributed by atoms with Crippen molar-refractivity contribution < 1.29 is 14.0 Å². The number of hydrogen-bond donors (Lipinski definition) is 1. The SMILES string of the molecule is Cc1cc(C)n(CCC(=O)NC2CC(=O)N(Cc3ccc(F)cc3)C2)n1. The highest BCUT2D eigenvalue weighted by atomic mass is 19.1. The van der Waals surface area contributed by atoms with E-state index in [2.05, 4.69) is 10.4 Å². The number of aromatic nitrogens is 2. The summed E-state index contributed by atoms with van der Waals surface area (Å²) in [7, 11) is 0. The first-order valence-corrected chi connectivity index (χ1v) is 8.73. The second-order valence-electron chi connectivity index (χ2n) is 6.77. The number of hydrogen-bond acceptors (Lipinski definition) is 3. The smallest absolute Gasteiger partial charge is 0.225 e. The molecule has 1 fully saturated rings. The van der Waals surface area contributed by atoms with Crippen LogP contribution in [0.5, 0.6) is 0 Å². The Hall–Kier alpha value is -2.70. The van der Waals surface area contributed by atoms with Crippen LogP contribution in [-0.2, 0) is 22.7 Å². The van der Waals surface area contributed by atoms with Crippen molar-refractivity contribution in [2.24, 2.45) is 0 Å². The first kappa shape index (κ1) is 18.1. The summed E-state index contributed by atoms with van der Waals surface area (Å²) >= 11 is 0. The number of carbonyl (C=O) groups excluding carboxylic acids is 2. The summed E-state index contributed by atoms with van der Waals surface area (Å²) in [6.07, 6.45) is 0.622. The van der Waals surface area contributed by atoms with Gasteiger partial charge in [-0.2, -0.15) is 5.10 Å². The van der Waals surface area contributed by atoms with E-state index in [1.807, 2.05) is 24.6 Å². The van der Waals surface area contributed by atoms with Crippen LogP contribution in [-0.4, -0.2) is 39.1 Å². The summed E-state index contributed by atoms with van der Waals surface area (Å²) in [6.45, 7) is 5.30. The lowest BCUT2D eigenvalue weighted by Gasteiger charge is -2.17. The van der Waals surface area contributed by atoms with Gasteiger partial charge < -0.3 is 10.2 Å². The predicted molar refractivity (Wildman–Crippen MR) is 94.7 cm³/mol. The van der Waals surface area contributed by atoms with Gasteiger partial charge in [0.15, 0.2) is 0 Å². The fourth-order valence-electron chi connectivity index (χ4n) is 3.24. The van der Waals surface area contributed by atoms with E-state index in [1.54, 1.807) is 17.0 Å². The standard InChI is InChI=1S/C19H23FN4O2/c1-13-9-14(2)24(22-13)8-7-18(25)21-17-10-19(26)23(12-17)11-15-3-5-16(20)6-4-15/h3-6,9,17H,7-8,10-12H2,1-2H3,(H,21,25). The Labute approximate surface area is 152 Å². The number of benzene rings is 1. The van der Waals surface area contributed by atoms with Crippen molar-refractivity contribution in [3.05, 3.63) is 53.1 Å². The zero-order valence-corrected chi connectivity index (χ0v) is 15.0. The van der Waals surface area contributed by atoms with E-state index in [1.165, 1.54) is 12.1 Å². The Bertz CT molecular complexity index is 800. The van der Waals surface area contributed by atoms with Crippen LogP contribution in [0.3, 0.4) is 0 Å². The lowest BCUT2D eigenvalue weighted by atomic mass is 10.2. The summed E-state index contributed by atoms with van der Waals surface area (Å²) in [4.78, 5) is 26.0.